The Morgan fingerprint density at radius 2 is 1.71 bits per heavy atom. The predicted octanol–water partition coefficient (Wildman–Crippen LogP) is 3.93. The summed E-state index contributed by atoms with van der Waals surface area (Å²) in [5.74, 6) is -4.29. The van der Waals surface area contributed by atoms with Crippen LogP contribution in [0.4, 0.5) is 23.5 Å². The SMILES string of the molecule is Nc1nc2ccc(F)c(F)c2n1-c1cc(F)c(Br)cc1F. The number of imidazole rings is 1. The first-order chi connectivity index (χ1) is 9.90. The van der Waals surface area contributed by atoms with Crippen LogP contribution in [0.5, 0.6) is 0 Å². The van der Waals surface area contributed by atoms with Gasteiger partial charge in [0.25, 0.3) is 0 Å². The Labute approximate surface area is 124 Å². The minimum absolute atomic E-state index is 0.0362. The molecule has 0 spiro atoms. The highest BCUT2D eigenvalue weighted by molar-refractivity contribution is 9.10. The number of aromatic nitrogens is 2. The van der Waals surface area contributed by atoms with Gasteiger partial charge in [0.1, 0.15) is 17.2 Å². The number of hydrogen-bond donors (Lipinski definition) is 1. The van der Waals surface area contributed by atoms with Crippen LogP contribution in [-0.4, -0.2) is 9.55 Å². The van der Waals surface area contributed by atoms with Gasteiger partial charge in [0.2, 0.25) is 5.95 Å². The highest BCUT2D eigenvalue weighted by Crippen LogP contribution is 2.30. The van der Waals surface area contributed by atoms with Crippen LogP contribution in [0.1, 0.15) is 0 Å². The topological polar surface area (TPSA) is 43.8 Å². The molecule has 0 aliphatic carbocycles. The molecule has 21 heavy (non-hydrogen) atoms. The Morgan fingerprint density at radius 3 is 2.43 bits per heavy atom. The Balaban J connectivity index is 2.43. The van der Waals surface area contributed by atoms with Crippen LogP contribution >= 0.6 is 15.9 Å². The second-order valence-electron chi connectivity index (χ2n) is 4.25. The number of anilines is 1. The van der Waals surface area contributed by atoms with E-state index in [-0.39, 0.29) is 27.1 Å². The first kappa shape index (κ1) is 13.9. The molecule has 0 amide bonds. The fourth-order valence-corrected chi connectivity index (χ4v) is 2.36. The lowest BCUT2D eigenvalue weighted by atomic mass is 10.2. The maximum atomic E-state index is 14.0. The van der Waals surface area contributed by atoms with Crippen molar-refractivity contribution < 1.29 is 17.6 Å². The third-order valence-electron chi connectivity index (χ3n) is 2.97. The molecule has 3 nitrogen and oxygen atoms in total. The number of fused-ring (bicyclic) bond motifs is 1. The Kier molecular flexibility index (Phi) is 3.12. The number of rotatable bonds is 1. The van der Waals surface area contributed by atoms with Crippen molar-refractivity contribution in [3.8, 4) is 5.69 Å². The Bertz CT molecular complexity index is 876. The summed E-state index contributed by atoms with van der Waals surface area (Å²) >= 11 is 2.83. The van der Waals surface area contributed by atoms with Crippen LogP contribution in [-0.2, 0) is 0 Å². The second-order valence-corrected chi connectivity index (χ2v) is 5.11. The molecule has 0 aliphatic heterocycles. The van der Waals surface area contributed by atoms with Crippen molar-refractivity contribution in [1.82, 2.24) is 9.55 Å². The molecule has 0 bridgehead atoms. The second kappa shape index (κ2) is 4.73. The summed E-state index contributed by atoms with van der Waals surface area (Å²) in [5, 5.41) is 0. The molecule has 3 aromatic rings. The first-order valence-electron chi connectivity index (χ1n) is 5.67. The van der Waals surface area contributed by atoms with Gasteiger partial charge in [-0.15, -0.1) is 0 Å². The van der Waals surface area contributed by atoms with E-state index in [1.807, 2.05) is 0 Å². The van der Waals surface area contributed by atoms with Gasteiger partial charge in [0, 0.05) is 6.07 Å². The molecule has 0 fully saturated rings. The van der Waals surface area contributed by atoms with Crippen molar-refractivity contribution >= 4 is 32.9 Å². The van der Waals surface area contributed by atoms with Crippen molar-refractivity contribution in [2.75, 3.05) is 5.73 Å². The van der Waals surface area contributed by atoms with E-state index in [2.05, 4.69) is 20.9 Å². The van der Waals surface area contributed by atoms with Gasteiger partial charge in [0.05, 0.1) is 15.7 Å². The molecule has 2 aromatic carbocycles. The van der Waals surface area contributed by atoms with Gasteiger partial charge in [-0.05, 0) is 34.1 Å². The summed E-state index contributed by atoms with van der Waals surface area (Å²) in [6.45, 7) is 0. The van der Waals surface area contributed by atoms with E-state index in [0.29, 0.717) is 0 Å². The minimum Gasteiger partial charge on any atom is -0.369 e. The monoisotopic (exact) mass is 359 g/mol. The maximum Gasteiger partial charge on any atom is 0.206 e. The quantitative estimate of drug-likeness (QED) is 0.528. The van der Waals surface area contributed by atoms with Crippen LogP contribution < -0.4 is 5.73 Å². The number of nitrogens with two attached hydrogens (primary N) is 1. The summed E-state index contributed by atoms with van der Waals surface area (Å²) in [5.41, 5.74) is 4.94. The van der Waals surface area contributed by atoms with Gasteiger partial charge in [-0.1, -0.05) is 0 Å². The van der Waals surface area contributed by atoms with Crippen LogP contribution in [0.25, 0.3) is 16.7 Å². The van der Waals surface area contributed by atoms with Crippen molar-refractivity contribution in [3.63, 3.8) is 0 Å². The number of hydrogen-bond acceptors (Lipinski definition) is 2. The van der Waals surface area contributed by atoms with E-state index in [1.54, 1.807) is 0 Å². The molecular formula is C13H6BrF4N3. The molecule has 0 radical (unpaired) electrons. The van der Waals surface area contributed by atoms with Crippen molar-refractivity contribution in [3.05, 3.63) is 52.0 Å². The van der Waals surface area contributed by atoms with Crippen LogP contribution in [0.15, 0.2) is 28.7 Å². The van der Waals surface area contributed by atoms with E-state index >= 15 is 0 Å². The molecular weight excluding hydrogens is 354 g/mol. The van der Waals surface area contributed by atoms with Gasteiger partial charge in [-0.25, -0.2) is 22.5 Å². The molecule has 0 atom stereocenters. The van der Waals surface area contributed by atoms with Gasteiger partial charge in [-0.2, -0.15) is 0 Å². The zero-order valence-electron chi connectivity index (χ0n) is 10.2. The molecule has 1 aromatic heterocycles. The molecule has 0 saturated heterocycles. The summed E-state index contributed by atoms with van der Waals surface area (Å²) in [6, 6.07) is 3.77. The number of nitrogen functional groups attached to an aromatic ring is 1. The molecule has 0 aliphatic rings. The highest BCUT2D eigenvalue weighted by atomic mass is 79.9. The number of nitrogens with zero attached hydrogens (tertiary/aromatic N) is 2. The first-order valence-corrected chi connectivity index (χ1v) is 6.46. The van der Waals surface area contributed by atoms with E-state index in [4.69, 9.17) is 5.73 Å². The van der Waals surface area contributed by atoms with Gasteiger partial charge < -0.3 is 5.73 Å². The average molecular weight is 360 g/mol. The summed E-state index contributed by atoms with van der Waals surface area (Å²) < 4.78 is 55.7. The normalized spacial score (nSPS) is 11.3. The molecule has 8 heteroatoms. The van der Waals surface area contributed by atoms with Gasteiger partial charge in [0.15, 0.2) is 11.6 Å². The zero-order valence-corrected chi connectivity index (χ0v) is 11.8. The van der Waals surface area contributed by atoms with Crippen molar-refractivity contribution in [2.45, 2.75) is 0 Å². The van der Waals surface area contributed by atoms with Gasteiger partial charge >= 0.3 is 0 Å². The minimum atomic E-state index is -1.24. The van der Waals surface area contributed by atoms with E-state index < -0.39 is 23.3 Å². The lowest BCUT2D eigenvalue weighted by Gasteiger charge is -2.09. The summed E-state index contributed by atoms with van der Waals surface area (Å²) in [4.78, 5) is 3.82. The molecule has 108 valence electrons. The third-order valence-corrected chi connectivity index (χ3v) is 3.57. The predicted molar refractivity (Wildman–Crippen MR) is 73.0 cm³/mol. The third kappa shape index (κ3) is 2.06. The van der Waals surface area contributed by atoms with E-state index in [1.165, 1.54) is 6.07 Å². The Hall–Kier alpha value is -2.09. The fourth-order valence-electron chi connectivity index (χ4n) is 2.05. The molecule has 1 heterocycles. The summed E-state index contributed by atoms with van der Waals surface area (Å²) in [7, 11) is 0. The standard InChI is InChI=1S/C13H6BrF4N3/c14-5-3-8(17)10(4-7(5)16)21-12-9(20-13(21)19)2-1-6(15)11(12)18/h1-4H,(H2,19,20). The zero-order chi connectivity index (χ0) is 15.3. The lowest BCUT2D eigenvalue weighted by Crippen LogP contribution is -2.05. The largest absolute Gasteiger partial charge is 0.369 e. The smallest absolute Gasteiger partial charge is 0.206 e. The lowest BCUT2D eigenvalue weighted by molar-refractivity contribution is 0.514. The highest BCUT2D eigenvalue weighted by Gasteiger charge is 2.20. The van der Waals surface area contributed by atoms with Crippen molar-refractivity contribution in [1.29, 1.82) is 0 Å². The van der Waals surface area contributed by atoms with Crippen molar-refractivity contribution in [2.24, 2.45) is 0 Å². The average Bonchev–Trinajstić information content (AvgIpc) is 2.75. The maximum absolute atomic E-state index is 14.0. The molecule has 3 rings (SSSR count). The molecule has 2 N–H and O–H groups in total. The van der Waals surface area contributed by atoms with E-state index in [9.17, 15) is 17.6 Å². The van der Waals surface area contributed by atoms with E-state index in [0.717, 1.165) is 22.8 Å². The Morgan fingerprint density at radius 1 is 1.00 bits per heavy atom. The molecule has 0 unspecified atom stereocenters. The fraction of sp³-hybridized carbons (Fsp3) is 0. The number of halogens is 5. The van der Waals surface area contributed by atoms with Crippen LogP contribution in [0.2, 0.25) is 0 Å². The summed E-state index contributed by atoms with van der Waals surface area (Å²) in [6.07, 6.45) is 0. The van der Waals surface area contributed by atoms with Crippen LogP contribution in [0, 0.1) is 23.3 Å². The number of benzene rings is 2. The van der Waals surface area contributed by atoms with Gasteiger partial charge in [-0.3, -0.25) is 4.57 Å². The molecule has 0 saturated carbocycles. The van der Waals surface area contributed by atoms with Crippen LogP contribution in [0.3, 0.4) is 0 Å².